The number of allylic oxidation sites excluding steroid dienone is 4. The Morgan fingerprint density at radius 3 is 1.93 bits per heavy atom. The predicted octanol–water partition coefficient (Wildman–Crippen LogP) is 9.02. The number of nitrogens with two attached hydrogens (primary N) is 1. The van der Waals surface area contributed by atoms with Crippen LogP contribution in [0.4, 0.5) is 0 Å². The first-order valence-electron chi connectivity index (χ1n) is 12.1. The van der Waals surface area contributed by atoms with Crippen LogP contribution in [0.25, 0.3) is 0 Å². The lowest BCUT2D eigenvalue weighted by atomic mass is 9.94. The van der Waals surface area contributed by atoms with Crippen LogP contribution in [-0.2, 0) is 0 Å². The van der Waals surface area contributed by atoms with Gasteiger partial charge in [-0.3, -0.25) is 11.3 Å². The highest BCUT2D eigenvalue weighted by molar-refractivity contribution is 5.27. The van der Waals surface area contributed by atoms with Crippen LogP contribution in [-0.4, -0.2) is 6.04 Å². The third kappa shape index (κ3) is 29.1. The summed E-state index contributed by atoms with van der Waals surface area (Å²) in [6.07, 6.45) is 13.2. The second kappa shape index (κ2) is 24.2. The van der Waals surface area contributed by atoms with E-state index in [9.17, 15) is 0 Å². The van der Waals surface area contributed by atoms with Crippen molar-refractivity contribution in [3.63, 3.8) is 0 Å². The number of hydrogen-bond donors (Lipinski definition) is 2. The van der Waals surface area contributed by atoms with Crippen molar-refractivity contribution < 1.29 is 0 Å². The van der Waals surface area contributed by atoms with Crippen LogP contribution in [0.15, 0.2) is 48.6 Å². The van der Waals surface area contributed by atoms with E-state index in [1.807, 2.05) is 33.8 Å². The smallest absolute Gasteiger partial charge is 0.0428 e. The van der Waals surface area contributed by atoms with Crippen molar-refractivity contribution in [1.82, 2.24) is 5.43 Å². The molecule has 0 saturated carbocycles. The Morgan fingerprint density at radius 1 is 1.20 bits per heavy atom. The van der Waals surface area contributed by atoms with E-state index in [0.29, 0.717) is 11.3 Å². The van der Waals surface area contributed by atoms with Crippen LogP contribution in [0.3, 0.4) is 0 Å². The van der Waals surface area contributed by atoms with Crippen molar-refractivity contribution >= 4 is 0 Å². The van der Waals surface area contributed by atoms with Gasteiger partial charge in [0.15, 0.2) is 0 Å². The van der Waals surface area contributed by atoms with Crippen molar-refractivity contribution in [3.8, 4) is 0 Å². The van der Waals surface area contributed by atoms with Crippen molar-refractivity contribution in [3.05, 3.63) is 48.6 Å². The van der Waals surface area contributed by atoms with Gasteiger partial charge in [0, 0.05) is 6.04 Å². The van der Waals surface area contributed by atoms with Gasteiger partial charge < -0.3 is 0 Å². The minimum absolute atomic E-state index is 0.277. The van der Waals surface area contributed by atoms with E-state index in [2.05, 4.69) is 92.2 Å². The largest absolute Gasteiger partial charge is 0.271 e. The van der Waals surface area contributed by atoms with Crippen molar-refractivity contribution in [2.75, 3.05) is 0 Å². The van der Waals surface area contributed by atoms with Crippen molar-refractivity contribution in [2.24, 2.45) is 23.1 Å². The van der Waals surface area contributed by atoms with Gasteiger partial charge in [-0.2, -0.15) is 0 Å². The molecule has 0 aromatic rings. The van der Waals surface area contributed by atoms with E-state index in [1.54, 1.807) is 0 Å². The third-order valence-electron chi connectivity index (χ3n) is 4.48. The summed E-state index contributed by atoms with van der Waals surface area (Å²) in [5.41, 5.74) is 5.72. The van der Waals surface area contributed by atoms with Gasteiger partial charge in [0.25, 0.3) is 0 Å². The highest BCUT2D eigenvalue weighted by Crippen LogP contribution is 2.17. The predicted molar refractivity (Wildman–Crippen MR) is 144 cm³/mol. The SMILES string of the molecule is C=CC(=C)CCC(C)C.CC.CC.CC1C=CC(C(C)NN)=CC1.CCC(C)(C)C. The molecule has 1 aliphatic carbocycles. The first kappa shape index (κ1) is 36.3. The summed E-state index contributed by atoms with van der Waals surface area (Å²) in [5.74, 6) is 6.78. The second-order valence-corrected chi connectivity index (χ2v) is 8.87. The van der Waals surface area contributed by atoms with E-state index in [-0.39, 0.29) is 6.04 Å². The average molecular weight is 423 g/mol. The number of hydrazine groups is 1. The molecule has 2 heteroatoms. The zero-order chi connectivity index (χ0) is 24.8. The molecular formula is C28H58N2. The van der Waals surface area contributed by atoms with Crippen LogP contribution in [0.5, 0.6) is 0 Å². The van der Waals surface area contributed by atoms with Crippen LogP contribution in [0.2, 0.25) is 0 Å². The molecule has 1 rings (SSSR count). The number of rotatable bonds is 6. The summed E-state index contributed by atoms with van der Waals surface area (Å²) in [4.78, 5) is 0. The highest BCUT2D eigenvalue weighted by Gasteiger charge is 2.07. The van der Waals surface area contributed by atoms with E-state index >= 15 is 0 Å². The fourth-order valence-electron chi connectivity index (χ4n) is 1.74. The molecule has 0 aromatic carbocycles. The Bertz CT molecular complexity index is 436. The van der Waals surface area contributed by atoms with Gasteiger partial charge in [-0.25, -0.2) is 0 Å². The van der Waals surface area contributed by atoms with Crippen molar-refractivity contribution in [2.45, 2.75) is 115 Å². The standard InChI is InChI=1S/C9H16N2.C9H16.C6H14.2C2H6/c1-7-3-5-9(6-4-7)8(2)11-10;1-5-9(4)7-6-8(2)3;1-5-6(2,3)4;2*1-2/h3,5-8,11H,4,10H2,1-2H3;5,8H,1,4,6-7H2,2-3H3;5H2,1-4H3;2*1-2H3. The molecule has 2 unspecified atom stereocenters. The topological polar surface area (TPSA) is 38.0 Å². The van der Waals surface area contributed by atoms with Gasteiger partial charge in [0.05, 0.1) is 0 Å². The molecule has 0 saturated heterocycles. The highest BCUT2D eigenvalue weighted by atomic mass is 15.2. The maximum Gasteiger partial charge on any atom is 0.0428 e. The van der Waals surface area contributed by atoms with Gasteiger partial charge in [0.1, 0.15) is 0 Å². The van der Waals surface area contributed by atoms with Crippen LogP contribution in [0, 0.1) is 17.3 Å². The Morgan fingerprint density at radius 2 is 1.67 bits per heavy atom. The lowest BCUT2D eigenvalue weighted by Crippen LogP contribution is -2.33. The molecule has 0 aliphatic heterocycles. The maximum atomic E-state index is 5.31. The summed E-state index contributed by atoms with van der Waals surface area (Å²) in [5, 5.41) is 0. The minimum Gasteiger partial charge on any atom is -0.271 e. The summed E-state index contributed by atoms with van der Waals surface area (Å²) in [6.45, 7) is 33.1. The van der Waals surface area contributed by atoms with E-state index in [4.69, 9.17) is 5.84 Å². The first-order valence-corrected chi connectivity index (χ1v) is 12.1. The molecule has 0 heterocycles. The second-order valence-electron chi connectivity index (χ2n) is 8.87. The Hall–Kier alpha value is -1.12. The number of hydrogen-bond acceptors (Lipinski definition) is 2. The summed E-state index contributed by atoms with van der Waals surface area (Å²) in [6, 6.07) is 0.277. The summed E-state index contributed by atoms with van der Waals surface area (Å²) in [7, 11) is 0. The normalized spacial score (nSPS) is 15.4. The number of nitrogens with one attached hydrogen (secondary N) is 1. The Balaban J connectivity index is -0.000000161. The molecule has 3 N–H and O–H groups in total. The molecule has 2 atom stereocenters. The molecule has 2 nitrogen and oxygen atoms in total. The molecule has 0 radical (unpaired) electrons. The summed E-state index contributed by atoms with van der Waals surface area (Å²) < 4.78 is 0. The molecule has 180 valence electrons. The van der Waals surface area contributed by atoms with Crippen molar-refractivity contribution in [1.29, 1.82) is 0 Å². The van der Waals surface area contributed by atoms with E-state index in [1.165, 1.54) is 18.4 Å². The zero-order valence-corrected chi connectivity index (χ0v) is 22.9. The molecule has 30 heavy (non-hydrogen) atoms. The fourth-order valence-corrected chi connectivity index (χ4v) is 1.74. The Kier molecular flexibility index (Phi) is 29.2. The van der Waals surface area contributed by atoms with Gasteiger partial charge in [0.2, 0.25) is 0 Å². The quantitative estimate of drug-likeness (QED) is 0.254. The molecule has 0 spiro atoms. The molecular weight excluding hydrogens is 364 g/mol. The maximum absolute atomic E-state index is 5.31. The Labute approximate surface area is 192 Å². The van der Waals surface area contributed by atoms with Crippen LogP contribution < -0.4 is 11.3 Å². The molecule has 0 amide bonds. The molecule has 0 aromatic heterocycles. The van der Waals surface area contributed by atoms with Gasteiger partial charge in [-0.1, -0.05) is 126 Å². The van der Waals surface area contributed by atoms with Gasteiger partial charge >= 0.3 is 0 Å². The fraction of sp³-hybridized carbons (Fsp3) is 0.714. The van der Waals surface area contributed by atoms with Gasteiger partial charge in [-0.15, -0.1) is 0 Å². The monoisotopic (exact) mass is 422 g/mol. The third-order valence-corrected chi connectivity index (χ3v) is 4.48. The zero-order valence-electron chi connectivity index (χ0n) is 22.9. The average Bonchev–Trinajstić information content (AvgIpc) is 2.75. The van der Waals surface area contributed by atoms with Crippen LogP contribution in [0.1, 0.15) is 109 Å². The van der Waals surface area contributed by atoms with Gasteiger partial charge in [-0.05, 0) is 49.0 Å². The lowest BCUT2D eigenvalue weighted by molar-refractivity contribution is 0.398. The summed E-state index contributed by atoms with van der Waals surface area (Å²) >= 11 is 0. The minimum atomic E-state index is 0.277. The van der Waals surface area contributed by atoms with E-state index < -0.39 is 0 Å². The van der Waals surface area contributed by atoms with E-state index in [0.717, 1.165) is 24.3 Å². The lowest BCUT2D eigenvalue weighted by Gasteiger charge is -2.16. The molecule has 0 fully saturated rings. The van der Waals surface area contributed by atoms with Crippen LogP contribution >= 0.6 is 0 Å². The molecule has 1 aliphatic rings. The molecule has 0 bridgehead atoms. The first-order chi connectivity index (χ1) is 14.0.